The van der Waals surface area contributed by atoms with Crippen molar-refractivity contribution in [3.05, 3.63) is 47.6 Å². The number of oxime groups is 1. The van der Waals surface area contributed by atoms with Gasteiger partial charge in [0.2, 0.25) is 5.91 Å². The number of amides is 2. The average molecular weight is 1000 g/mol. The lowest BCUT2D eigenvalue weighted by Crippen LogP contribution is -2.49. The predicted octanol–water partition coefficient (Wildman–Crippen LogP) is 10.4. The molecule has 1 aromatic rings. The molecule has 2 atom stereocenters. The first-order valence-electron chi connectivity index (χ1n) is 19.2. The third-order valence-electron chi connectivity index (χ3n) is 9.29. The quantitative estimate of drug-likeness (QED) is 0.0789. The monoisotopic (exact) mass is 995 g/mol. The molecule has 0 fully saturated rings. The number of aliphatic hydroxyl groups is 1. The number of benzene rings is 1. The second-order valence-corrected chi connectivity index (χ2v) is 17.1. The molecule has 1 spiro atoms. The van der Waals surface area contributed by atoms with Gasteiger partial charge in [-0.05, 0) is 84.7 Å². The number of carbonyl (C=O) groups excluding carboxylic acids is 2. The predicted molar refractivity (Wildman–Crippen MR) is 224 cm³/mol. The Morgan fingerprint density at radius 1 is 0.868 bits per heavy atom. The van der Waals surface area contributed by atoms with Crippen molar-refractivity contribution in [1.82, 2.24) is 10.6 Å². The zero-order valence-electron chi connectivity index (χ0n) is 31.2. The minimum Gasteiger partial charge on any atom is -0.495 e. The minimum absolute atomic E-state index is 0.0633. The molecule has 1 aromatic carbocycles. The SMILES string of the molecule is CCCCCCCCCCCCCCCCCC(=O)NCCc1cc(Br)c(OCCCNC(=O)C2=NOC3(CC(Br)=C(OC)C(Br)=CO3)C2O)c(Br)c1. The summed E-state index contributed by atoms with van der Waals surface area (Å²) in [5.41, 5.74) is 0.881. The van der Waals surface area contributed by atoms with Crippen LogP contribution >= 0.6 is 63.7 Å². The van der Waals surface area contributed by atoms with E-state index in [1.807, 2.05) is 12.1 Å². The summed E-state index contributed by atoms with van der Waals surface area (Å²) in [6.07, 6.45) is 21.5. The molecular weight excluding hydrogens is 942 g/mol. The second-order valence-electron chi connectivity index (χ2n) is 13.6. The molecule has 0 radical (unpaired) electrons. The van der Waals surface area contributed by atoms with Gasteiger partial charge in [0.15, 0.2) is 11.8 Å². The molecule has 2 aliphatic rings. The van der Waals surface area contributed by atoms with E-state index in [1.54, 1.807) is 0 Å². The van der Waals surface area contributed by atoms with E-state index in [1.165, 1.54) is 96.8 Å². The van der Waals surface area contributed by atoms with E-state index < -0.39 is 17.8 Å². The fourth-order valence-electron chi connectivity index (χ4n) is 6.22. The van der Waals surface area contributed by atoms with E-state index in [0.29, 0.717) is 52.9 Å². The summed E-state index contributed by atoms with van der Waals surface area (Å²) in [6.45, 7) is 3.46. The van der Waals surface area contributed by atoms with Crippen molar-refractivity contribution in [2.75, 3.05) is 26.8 Å². The van der Waals surface area contributed by atoms with Crippen molar-refractivity contribution in [2.45, 2.75) is 141 Å². The summed E-state index contributed by atoms with van der Waals surface area (Å²) in [4.78, 5) is 30.6. The van der Waals surface area contributed by atoms with Crippen molar-refractivity contribution in [2.24, 2.45) is 5.16 Å². The summed E-state index contributed by atoms with van der Waals surface area (Å²) in [5, 5.41) is 20.6. The summed E-state index contributed by atoms with van der Waals surface area (Å²) in [6, 6.07) is 3.98. The van der Waals surface area contributed by atoms with Crippen LogP contribution < -0.4 is 15.4 Å². The third-order valence-corrected chi connectivity index (χ3v) is 11.7. The standard InChI is InChI=1S/C39H57Br4N3O7/c1-3-4-5-6-7-8-9-10-11-12-13-14-15-16-17-19-33(47)44-22-20-28-24-29(40)36(30(41)25-28)51-23-18-21-45-38(49)34-37(48)39(53-46-34)26-31(42)35(50-2)32(43)27-52-39/h24-25,27,37,48H,3-23,26H2,1-2H3,(H,44,47)(H,45,49). The molecule has 0 aromatic heterocycles. The Morgan fingerprint density at radius 3 is 2.04 bits per heavy atom. The highest BCUT2D eigenvalue weighted by atomic mass is 79.9. The number of nitrogens with zero attached hydrogens (tertiary/aromatic N) is 1. The molecular formula is C39H57Br4N3O7. The largest absolute Gasteiger partial charge is 0.495 e. The number of methoxy groups -OCH3 is 1. The third kappa shape index (κ3) is 15.8. The lowest BCUT2D eigenvalue weighted by Gasteiger charge is -2.27. The van der Waals surface area contributed by atoms with Crippen molar-refractivity contribution < 1.29 is 33.7 Å². The van der Waals surface area contributed by atoms with Gasteiger partial charge >= 0.3 is 5.79 Å². The fraction of sp³-hybridized carbons (Fsp3) is 0.667. The maximum Gasteiger partial charge on any atom is 0.311 e. The number of aliphatic hydroxyl groups excluding tert-OH is 1. The zero-order valence-corrected chi connectivity index (χ0v) is 37.6. The molecule has 0 saturated carbocycles. The van der Waals surface area contributed by atoms with Gasteiger partial charge in [0.1, 0.15) is 17.8 Å². The van der Waals surface area contributed by atoms with Crippen molar-refractivity contribution in [1.29, 1.82) is 0 Å². The van der Waals surface area contributed by atoms with Crippen LogP contribution in [0.25, 0.3) is 0 Å². The van der Waals surface area contributed by atoms with Gasteiger partial charge < -0.3 is 34.8 Å². The van der Waals surface area contributed by atoms with E-state index in [9.17, 15) is 14.7 Å². The van der Waals surface area contributed by atoms with Gasteiger partial charge in [-0.2, -0.15) is 0 Å². The van der Waals surface area contributed by atoms with Crippen LogP contribution in [0, 0.1) is 0 Å². The molecule has 0 bridgehead atoms. The van der Waals surface area contributed by atoms with E-state index >= 15 is 0 Å². The van der Waals surface area contributed by atoms with Gasteiger partial charge in [-0.25, -0.2) is 0 Å². The summed E-state index contributed by atoms with van der Waals surface area (Å²) >= 11 is 14.0. The van der Waals surface area contributed by atoms with Crippen LogP contribution in [-0.4, -0.2) is 61.3 Å². The van der Waals surface area contributed by atoms with Crippen molar-refractivity contribution >= 4 is 81.2 Å². The smallest absolute Gasteiger partial charge is 0.311 e. The van der Waals surface area contributed by atoms with Gasteiger partial charge in [-0.15, -0.1) is 0 Å². The van der Waals surface area contributed by atoms with Crippen molar-refractivity contribution in [3.63, 3.8) is 0 Å². The first-order chi connectivity index (χ1) is 25.6. The maximum absolute atomic E-state index is 12.8. The molecule has 3 N–H and O–H groups in total. The molecule has 2 amide bonds. The van der Waals surface area contributed by atoms with Gasteiger partial charge in [-0.1, -0.05) is 118 Å². The Morgan fingerprint density at radius 2 is 1.45 bits per heavy atom. The molecule has 3 rings (SSSR count). The van der Waals surface area contributed by atoms with Crippen molar-refractivity contribution in [3.8, 4) is 5.75 Å². The first kappa shape index (κ1) is 45.8. The van der Waals surface area contributed by atoms with E-state index in [4.69, 9.17) is 19.0 Å². The number of unbranched alkanes of at least 4 members (excludes halogenated alkanes) is 14. The van der Waals surface area contributed by atoms with Crippen LogP contribution in [-0.2, 0) is 30.3 Å². The molecule has 2 heterocycles. The second kappa shape index (κ2) is 25.5. The van der Waals surface area contributed by atoms with Crippen LogP contribution in [0.4, 0.5) is 0 Å². The lowest BCUT2D eigenvalue weighted by atomic mass is 10.0. The number of allylic oxidation sites excluding steroid dienone is 1. The molecule has 53 heavy (non-hydrogen) atoms. The van der Waals surface area contributed by atoms with Crippen LogP contribution in [0.2, 0.25) is 0 Å². The first-order valence-corrected chi connectivity index (χ1v) is 22.3. The normalized spacial score (nSPS) is 18.2. The maximum atomic E-state index is 12.8. The molecule has 0 aliphatic carbocycles. The number of hydrogen-bond donors (Lipinski definition) is 3. The summed E-state index contributed by atoms with van der Waals surface area (Å²) in [5.74, 6) is -0.920. The topological polar surface area (TPSA) is 128 Å². The highest BCUT2D eigenvalue weighted by molar-refractivity contribution is 9.12. The lowest BCUT2D eigenvalue weighted by molar-refractivity contribution is -0.225. The highest BCUT2D eigenvalue weighted by Crippen LogP contribution is 2.41. The zero-order chi connectivity index (χ0) is 38.5. The summed E-state index contributed by atoms with van der Waals surface area (Å²) < 4.78 is 19.7. The van der Waals surface area contributed by atoms with E-state index in [0.717, 1.165) is 27.4 Å². The average Bonchev–Trinajstić information content (AvgIpc) is 3.37. The Balaban J connectivity index is 1.23. The summed E-state index contributed by atoms with van der Waals surface area (Å²) in [7, 11) is 1.51. The van der Waals surface area contributed by atoms with Gasteiger partial charge in [0, 0.05) is 24.0 Å². The Kier molecular flexibility index (Phi) is 22.0. The number of ether oxygens (including phenoxy) is 3. The molecule has 2 aliphatic heterocycles. The molecule has 298 valence electrons. The van der Waals surface area contributed by atoms with E-state index in [-0.39, 0.29) is 24.6 Å². The fourth-order valence-corrected chi connectivity index (χ4v) is 9.26. The minimum atomic E-state index is -1.60. The number of carbonyl (C=O) groups is 2. The number of nitrogens with one attached hydrogen (secondary N) is 2. The number of halogens is 4. The van der Waals surface area contributed by atoms with Crippen LogP contribution in [0.3, 0.4) is 0 Å². The van der Waals surface area contributed by atoms with Gasteiger partial charge in [0.05, 0.1) is 33.6 Å². The Labute approximate surface area is 349 Å². The number of hydrogen-bond acceptors (Lipinski definition) is 8. The molecule has 2 unspecified atom stereocenters. The van der Waals surface area contributed by atoms with Crippen LogP contribution in [0.15, 0.2) is 47.2 Å². The van der Waals surface area contributed by atoms with Crippen LogP contribution in [0.5, 0.6) is 5.75 Å². The highest BCUT2D eigenvalue weighted by Gasteiger charge is 2.54. The van der Waals surface area contributed by atoms with Gasteiger partial charge in [-0.3, -0.25) is 9.59 Å². The van der Waals surface area contributed by atoms with Gasteiger partial charge in [0.25, 0.3) is 5.91 Å². The molecule has 14 heteroatoms. The Hall–Kier alpha value is -1.61. The number of rotatable bonds is 26. The Bertz CT molecular complexity index is 1380. The molecule has 10 nitrogen and oxygen atoms in total. The van der Waals surface area contributed by atoms with E-state index in [2.05, 4.69) is 86.4 Å². The van der Waals surface area contributed by atoms with Crippen LogP contribution in [0.1, 0.15) is 128 Å². The molecule has 0 saturated heterocycles.